The van der Waals surface area contributed by atoms with Gasteiger partial charge in [-0.3, -0.25) is 0 Å². The van der Waals surface area contributed by atoms with Gasteiger partial charge in [0.2, 0.25) is 0 Å². The highest BCUT2D eigenvalue weighted by molar-refractivity contribution is 5.74. The van der Waals surface area contributed by atoms with E-state index in [1.807, 2.05) is 6.92 Å². The van der Waals surface area contributed by atoms with Crippen LogP contribution in [-0.4, -0.2) is 18.7 Å². The van der Waals surface area contributed by atoms with Gasteiger partial charge in [0, 0.05) is 7.11 Å². The van der Waals surface area contributed by atoms with E-state index in [4.69, 9.17) is 4.74 Å². The molecule has 0 fully saturated rings. The van der Waals surface area contributed by atoms with Crippen molar-refractivity contribution in [2.24, 2.45) is 0 Å². The first-order valence-electron chi connectivity index (χ1n) is 3.33. The van der Waals surface area contributed by atoms with Crippen LogP contribution in [0, 0.1) is 0 Å². The van der Waals surface area contributed by atoms with E-state index in [1.165, 1.54) is 14.0 Å². The van der Waals surface area contributed by atoms with Crippen molar-refractivity contribution in [3.63, 3.8) is 0 Å². The Kier molecular flexibility index (Phi) is 3.36. The first-order valence-corrected chi connectivity index (χ1v) is 3.33. The van der Waals surface area contributed by atoms with Crippen LogP contribution in [0.5, 0.6) is 0 Å². The van der Waals surface area contributed by atoms with Gasteiger partial charge in [0.15, 0.2) is 0 Å². The standard InChI is InChI=1S/C7H14O3/c1-4-5-7(2,10-3)6(8)9/h4-5H2,1-3H3,(H,8,9)/p-1. The first-order chi connectivity index (χ1) is 4.56. The Morgan fingerprint density at radius 2 is 2.20 bits per heavy atom. The second-order valence-electron chi connectivity index (χ2n) is 2.47. The minimum absolute atomic E-state index is 0.492. The quantitative estimate of drug-likeness (QED) is 0.557. The molecule has 0 aliphatic heterocycles. The van der Waals surface area contributed by atoms with Crippen molar-refractivity contribution in [3.8, 4) is 0 Å². The summed E-state index contributed by atoms with van der Waals surface area (Å²) < 4.78 is 4.78. The van der Waals surface area contributed by atoms with Crippen LogP contribution in [0.25, 0.3) is 0 Å². The van der Waals surface area contributed by atoms with Crippen molar-refractivity contribution in [1.82, 2.24) is 0 Å². The minimum atomic E-state index is -1.14. The number of hydrogen-bond acceptors (Lipinski definition) is 3. The largest absolute Gasteiger partial charge is 0.547 e. The Bertz CT molecular complexity index is 122. The Balaban J connectivity index is 4.08. The lowest BCUT2D eigenvalue weighted by Crippen LogP contribution is -2.47. The predicted molar refractivity (Wildman–Crippen MR) is 35.3 cm³/mol. The number of methoxy groups -OCH3 is 1. The molecule has 0 spiro atoms. The molecule has 1 atom stereocenters. The van der Waals surface area contributed by atoms with Crippen LogP contribution in [0.15, 0.2) is 0 Å². The van der Waals surface area contributed by atoms with E-state index in [0.29, 0.717) is 6.42 Å². The van der Waals surface area contributed by atoms with Crippen LogP contribution in [0.2, 0.25) is 0 Å². The van der Waals surface area contributed by atoms with Crippen LogP contribution in [0.4, 0.5) is 0 Å². The number of hydrogen-bond donors (Lipinski definition) is 0. The number of carboxylic acid groups (broad SMARTS) is 1. The summed E-state index contributed by atoms with van der Waals surface area (Å²) in [6.45, 7) is 3.42. The van der Waals surface area contributed by atoms with Gasteiger partial charge in [0.05, 0.1) is 5.97 Å². The van der Waals surface area contributed by atoms with Gasteiger partial charge in [-0.05, 0) is 13.3 Å². The number of ether oxygens (including phenoxy) is 1. The van der Waals surface area contributed by atoms with Gasteiger partial charge >= 0.3 is 0 Å². The maximum Gasteiger partial charge on any atom is 0.104 e. The van der Waals surface area contributed by atoms with E-state index < -0.39 is 11.6 Å². The van der Waals surface area contributed by atoms with E-state index in [9.17, 15) is 9.90 Å². The van der Waals surface area contributed by atoms with E-state index in [2.05, 4.69) is 0 Å². The molecule has 0 rings (SSSR count). The number of carboxylic acids is 1. The molecule has 0 saturated heterocycles. The van der Waals surface area contributed by atoms with Gasteiger partial charge in [-0.15, -0.1) is 0 Å². The average Bonchev–Trinajstić information content (AvgIpc) is 1.88. The number of aliphatic carboxylic acids is 1. The predicted octanol–water partition coefficient (Wildman–Crippen LogP) is -0.0585. The fraction of sp³-hybridized carbons (Fsp3) is 0.857. The van der Waals surface area contributed by atoms with Gasteiger partial charge in [0.25, 0.3) is 0 Å². The number of carbonyl (C=O) groups is 1. The van der Waals surface area contributed by atoms with Gasteiger partial charge in [-0.2, -0.15) is 0 Å². The Labute approximate surface area is 61.0 Å². The van der Waals surface area contributed by atoms with Crippen molar-refractivity contribution in [2.75, 3.05) is 7.11 Å². The highest BCUT2D eigenvalue weighted by Crippen LogP contribution is 2.14. The van der Waals surface area contributed by atoms with E-state index in [0.717, 1.165) is 6.42 Å². The lowest BCUT2D eigenvalue weighted by atomic mass is 10.0. The summed E-state index contributed by atoms with van der Waals surface area (Å²) in [5.41, 5.74) is -1.10. The van der Waals surface area contributed by atoms with Crippen molar-refractivity contribution in [2.45, 2.75) is 32.3 Å². The summed E-state index contributed by atoms with van der Waals surface area (Å²) in [5, 5.41) is 10.4. The summed E-state index contributed by atoms with van der Waals surface area (Å²) in [5.74, 6) is -1.14. The molecule has 0 aliphatic rings. The third kappa shape index (κ3) is 1.99. The van der Waals surface area contributed by atoms with Crippen LogP contribution in [-0.2, 0) is 9.53 Å². The van der Waals surface area contributed by atoms with Crippen LogP contribution in [0.3, 0.4) is 0 Å². The second kappa shape index (κ2) is 3.56. The molecule has 0 bridgehead atoms. The van der Waals surface area contributed by atoms with Gasteiger partial charge in [-0.25, -0.2) is 0 Å². The molecule has 0 aliphatic carbocycles. The molecule has 0 amide bonds. The zero-order chi connectivity index (χ0) is 8.20. The van der Waals surface area contributed by atoms with Crippen molar-refractivity contribution in [3.05, 3.63) is 0 Å². The molecule has 0 N–H and O–H groups in total. The average molecular weight is 145 g/mol. The van der Waals surface area contributed by atoms with E-state index >= 15 is 0 Å². The van der Waals surface area contributed by atoms with Gasteiger partial charge < -0.3 is 14.6 Å². The zero-order valence-corrected chi connectivity index (χ0v) is 6.64. The third-order valence-electron chi connectivity index (χ3n) is 1.61. The molecule has 0 aromatic heterocycles. The maximum absolute atomic E-state index is 10.4. The summed E-state index contributed by atoms with van der Waals surface area (Å²) in [6.07, 6.45) is 1.27. The lowest BCUT2D eigenvalue weighted by Gasteiger charge is -2.28. The summed E-state index contributed by atoms with van der Waals surface area (Å²) >= 11 is 0. The minimum Gasteiger partial charge on any atom is -0.547 e. The van der Waals surface area contributed by atoms with Crippen molar-refractivity contribution >= 4 is 5.97 Å². The second-order valence-corrected chi connectivity index (χ2v) is 2.47. The summed E-state index contributed by atoms with van der Waals surface area (Å²) in [4.78, 5) is 10.4. The summed E-state index contributed by atoms with van der Waals surface area (Å²) in [6, 6.07) is 0. The third-order valence-corrected chi connectivity index (χ3v) is 1.61. The lowest BCUT2D eigenvalue weighted by molar-refractivity contribution is -0.325. The molecule has 1 unspecified atom stereocenters. The van der Waals surface area contributed by atoms with Crippen molar-refractivity contribution in [1.29, 1.82) is 0 Å². The van der Waals surface area contributed by atoms with Crippen LogP contribution in [0.1, 0.15) is 26.7 Å². The molecule has 10 heavy (non-hydrogen) atoms. The molecule has 3 heteroatoms. The molecule has 0 radical (unpaired) electrons. The zero-order valence-electron chi connectivity index (χ0n) is 6.64. The monoisotopic (exact) mass is 145 g/mol. The smallest absolute Gasteiger partial charge is 0.104 e. The number of carbonyl (C=O) groups excluding carboxylic acids is 1. The molecule has 0 aromatic carbocycles. The first kappa shape index (κ1) is 9.43. The normalized spacial score (nSPS) is 16.3. The van der Waals surface area contributed by atoms with Crippen LogP contribution < -0.4 is 5.11 Å². The number of rotatable bonds is 4. The van der Waals surface area contributed by atoms with Crippen molar-refractivity contribution < 1.29 is 14.6 Å². The highest BCUT2D eigenvalue weighted by atomic mass is 16.5. The fourth-order valence-electron chi connectivity index (χ4n) is 0.765. The molecule has 0 heterocycles. The SMILES string of the molecule is CCCC(C)(OC)C(=O)[O-]. The van der Waals surface area contributed by atoms with E-state index in [-0.39, 0.29) is 0 Å². The van der Waals surface area contributed by atoms with Gasteiger partial charge in [-0.1, -0.05) is 13.3 Å². The molecule has 0 saturated carbocycles. The highest BCUT2D eigenvalue weighted by Gasteiger charge is 2.23. The Morgan fingerprint density at radius 1 is 1.70 bits per heavy atom. The maximum atomic E-state index is 10.4. The Morgan fingerprint density at radius 3 is 2.30 bits per heavy atom. The molecule has 3 nitrogen and oxygen atoms in total. The van der Waals surface area contributed by atoms with E-state index in [1.54, 1.807) is 0 Å². The molecular formula is C7H13O3-. The topological polar surface area (TPSA) is 49.4 Å². The van der Waals surface area contributed by atoms with Crippen LogP contribution >= 0.6 is 0 Å². The Hall–Kier alpha value is -0.570. The molecule has 0 aromatic rings. The molecule has 60 valence electrons. The van der Waals surface area contributed by atoms with Gasteiger partial charge in [0.1, 0.15) is 5.60 Å². The summed E-state index contributed by atoms with van der Waals surface area (Å²) in [7, 11) is 1.38. The molecular weight excluding hydrogens is 132 g/mol. The fourth-order valence-corrected chi connectivity index (χ4v) is 0.765.